The molecule has 0 aliphatic carbocycles. The number of imidazole rings is 1. The van der Waals surface area contributed by atoms with Crippen molar-refractivity contribution in [1.82, 2.24) is 9.13 Å². The number of ether oxygens (including phenoxy) is 1. The summed E-state index contributed by atoms with van der Waals surface area (Å²) >= 11 is 0. The number of carbonyl (C=O) groups is 2. The highest BCUT2D eigenvalue weighted by atomic mass is 16.6. The Bertz CT molecular complexity index is 764. The van der Waals surface area contributed by atoms with Crippen molar-refractivity contribution in [2.75, 3.05) is 0 Å². The lowest BCUT2D eigenvalue weighted by Crippen LogP contribution is -2.35. The minimum Gasteiger partial charge on any atom is -0.480 e. The van der Waals surface area contributed by atoms with Crippen LogP contribution in [0.25, 0.3) is 11.0 Å². The van der Waals surface area contributed by atoms with E-state index in [0.29, 0.717) is 11.0 Å². The molecule has 0 aliphatic rings. The lowest BCUT2D eigenvalue weighted by atomic mass is 10.2. The number of nitrogens with zero attached hydrogens (tertiary/aromatic N) is 2. The first-order valence-corrected chi connectivity index (χ1v) is 6.36. The van der Waals surface area contributed by atoms with Crippen LogP contribution in [0.4, 0.5) is 4.79 Å². The van der Waals surface area contributed by atoms with E-state index < -0.39 is 29.9 Å². The molecule has 1 N–H and O–H groups in total. The summed E-state index contributed by atoms with van der Waals surface area (Å²) in [5, 5.41) is 8.90. The molecule has 7 nitrogen and oxygen atoms in total. The molecule has 0 atom stereocenters. The Kier molecular flexibility index (Phi) is 3.59. The monoisotopic (exact) mass is 292 g/mol. The average molecular weight is 292 g/mol. The number of carboxylic acids is 1. The van der Waals surface area contributed by atoms with E-state index in [-0.39, 0.29) is 0 Å². The number of hydrogen-bond donors (Lipinski definition) is 1. The third kappa shape index (κ3) is 2.96. The van der Waals surface area contributed by atoms with Crippen LogP contribution in [0.15, 0.2) is 29.1 Å². The van der Waals surface area contributed by atoms with Gasteiger partial charge in [-0.1, -0.05) is 12.1 Å². The van der Waals surface area contributed by atoms with Crippen LogP contribution in [0, 0.1) is 0 Å². The van der Waals surface area contributed by atoms with Crippen molar-refractivity contribution < 1.29 is 19.4 Å². The first kappa shape index (κ1) is 14.8. The van der Waals surface area contributed by atoms with Crippen molar-refractivity contribution in [3.63, 3.8) is 0 Å². The minimum atomic E-state index is -1.16. The zero-order valence-corrected chi connectivity index (χ0v) is 12.0. The van der Waals surface area contributed by atoms with Gasteiger partial charge < -0.3 is 9.84 Å². The van der Waals surface area contributed by atoms with Gasteiger partial charge in [0.25, 0.3) is 0 Å². The number of carbonyl (C=O) groups excluding carboxylic acids is 1. The first-order chi connectivity index (χ1) is 9.70. The van der Waals surface area contributed by atoms with Crippen molar-refractivity contribution in [1.29, 1.82) is 0 Å². The molecule has 1 heterocycles. The highest BCUT2D eigenvalue weighted by Gasteiger charge is 2.24. The average Bonchev–Trinajstić information content (AvgIpc) is 2.60. The third-order valence-electron chi connectivity index (χ3n) is 2.71. The molecule has 21 heavy (non-hydrogen) atoms. The fraction of sp³-hybridized carbons (Fsp3) is 0.357. The Morgan fingerprint density at radius 3 is 2.29 bits per heavy atom. The van der Waals surface area contributed by atoms with Crippen molar-refractivity contribution in [3.05, 3.63) is 34.7 Å². The molecule has 0 fully saturated rings. The molecule has 2 rings (SSSR count). The van der Waals surface area contributed by atoms with Crippen LogP contribution in [-0.4, -0.2) is 31.9 Å². The molecule has 0 unspecified atom stereocenters. The summed E-state index contributed by atoms with van der Waals surface area (Å²) in [4.78, 5) is 35.4. The summed E-state index contributed by atoms with van der Waals surface area (Å²) in [6.07, 6.45) is -0.826. The lowest BCUT2D eigenvalue weighted by molar-refractivity contribution is -0.137. The SMILES string of the molecule is CC(C)(C)OC(=O)n1c(=O)n(CC(=O)O)c2ccccc21. The molecule has 0 saturated carbocycles. The molecule has 7 heteroatoms. The first-order valence-electron chi connectivity index (χ1n) is 6.36. The number of para-hydroxylation sites is 2. The zero-order chi connectivity index (χ0) is 15.8. The molecule has 0 aliphatic heterocycles. The smallest absolute Gasteiger partial charge is 0.423 e. The maximum absolute atomic E-state index is 12.3. The molecule has 1 aromatic heterocycles. The number of fused-ring (bicyclic) bond motifs is 1. The van der Waals surface area contributed by atoms with Gasteiger partial charge in [-0.2, -0.15) is 4.57 Å². The number of carboxylic acid groups (broad SMARTS) is 1. The topological polar surface area (TPSA) is 90.5 Å². The molecule has 1 aromatic carbocycles. The van der Waals surface area contributed by atoms with E-state index in [0.717, 1.165) is 9.13 Å². The fourth-order valence-corrected chi connectivity index (χ4v) is 1.98. The molecule has 0 radical (unpaired) electrons. The van der Waals surface area contributed by atoms with Gasteiger partial charge in [-0.3, -0.25) is 9.36 Å². The maximum Gasteiger partial charge on any atom is 0.423 e. The number of rotatable bonds is 2. The predicted octanol–water partition coefficient (Wildman–Crippen LogP) is 1.67. The summed E-state index contributed by atoms with van der Waals surface area (Å²) in [7, 11) is 0. The van der Waals surface area contributed by atoms with Crippen LogP contribution < -0.4 is 5.69 Å². The van der Waals surface area contributed by atoms with Crippen LogP contribution in [0.3, 0.4) is 0 Å². The molecule has 112 valence electrons. The van der Waals surface area contributed by atoms with Crippen LogP contribution in [-0.2, 0) is 16.1 Å². The number of benzene rings is 1. The van der Waals surface area contributed by atoms with E-state index >= 15 is 0 Å². The molecule has 2 aromatic rings. The molecular formula is C14H16N2O5. The molecule has 0 saturated heterocycles. The van der Waals surface area contributed by atoms with Gasteiger partial charge in [0.05, 0.1) is 11.0 Å². The summed E-state index contributed by atoms with van der Waals surface area (Å²) < 4.78 is 7.07. The maximum atomic E-state index is 12.3. The Balaban J connectivity index is 2.64. The molecule has 0 bridgehead atoms. The second-order valence-electron chi connectivity index (χ2n) is 5.57. The Morgan fingerprint density at radius 1 is 1.19 bits per heavy atom. The van der Waals surface area contributed by atoms with E-state index in [2.05, 4.69) is 0 Å². The van der Waals surface area contributed by atoms with Gasteiger partial charge in [0.15, 0.2) is 0 Å². The lowest BCUT2D eigenvalue weighted by Gasteiger charge is -2.19. The zero-order valence-electron chi connectivity index (χ0n) is 12.0. The van der Waals surface area contributed by atoms with Gasteiger partial charge in [0.2, 0.25) is 0 Å². The summed E-state index contributed by atoms with van der Waals surface area (Å²) in [5.74, 6) is -1.16. The van der Waals surface area contributed by atoms with E-state index in [1.165, 1.54) is 0 Å². The van der Waals surface area contributed by atoms with Gasteiger partial charge in [-0.25, -0.2) is 9.59 Å². The van der Waals surface area contributed by atoms with E-state index in [4.69, 9.17) is 9.84 Å². The highest BCUT2D eigenvalue weighted by molar-refractivity contribution is 5.87. The summed E-state index contributed by atoms with van der Waals surface area (Å²) in [5.41, 5.74) is -0.798. The Morgan fingerprint density at radius 2 is 1.76 bits per heavy atom. The Hall–Kier alpha value is -2.57. The normalized spacial score (nSPS) is 11.6. The van der Waals surface area contributed by atoms with Crippen molar-refractivity contribution >= 4 is 23.1 Å². The second-order valence-corrected chi connectivity index (χ2v) is 5.57. The van der Waals surface area contributed by atoms with Crippen molar-refractivity contribution in [2.45, 2.75) is 32.9 Å². The van der Waals surface area contributed by atoms with Gasteiger partial charge >= 0.3 is 17.8 Å². The molecule has 0 amide bonds. The second kappa shape index (κ2) is 5.08. The quantitative estimate of drug-likeness (QED) is 0.909. The van der Waals surface area contributed by atoms with E-state index in [1.54, 1.807) is 45.0 Å². The predicted molar refractivity (Wildman–Crippen MR) is 75.5 cm³/mol. The van der Waals surface area contributed by atoms with Gasteiger partial charge in [0, 0.05) is 0 Å². The van der Waals surface area contributed by atoms with Crippen LogP contribution >= 0.6 is 0 Å². The van der Waals surface area contributed by atoms with E-state index in [1.807, 2.05) is 0 Å². The number of hydrogen-bond acceptors (Lipinski definition) is 4. The minimum absolute atomic E-state index is 0.318. The fourth-order valence-electron chi connectivity index (χ4n) is 1.98. The summed E-state index contributed by atoms with van der Waals surface area (Å²) in [6.45, 7) is 4.54. The van der Waals surface area contributed by atoms with Gasteiger partial charge in [-0.15, -0.1) is 0 Å². The highest BCUT2D eigenvalue weighted by Crippen LogP contribution is 2.15. The third-order valence-corrected chi connectivity index (χ3v) is 2.71. The molecular weight excluding hydrogens is 276 g/mol. The van der Waals surface area contributed by atoms with Crippen molar-refractivity contribution in [3.8, 4) is 0 Å². The number of aromatic nitrogens is 2. The molecule has 0 spiro atoms. The standard InChI is InChI=1S/C14H16N2O5/c1-14(2,3)21-13(20)16-10-7-5-4-6-9(10)15(12(16)19)8-11(17)18/h4-7H,8H2,1-3H3,(H,17,18). The largest absolute Gasteiger partial charge is 0.480 e. The van der Waals surface area contributed by atoms with Crippen molar-refractivity contribution in [2.24, 2.45) is 0 Å². The van der Waals surface area contributed by atoms with Crippen LogP contribution in [0.5, 0.6) is 0 Å². The van der Waals surface area contributed by atoms with Gasteiger partial charge in [0.1, 0.15) is 12.1 Å². The number of aliphatic carboxylic acids is 1. The van der Waals surface area contributed by atoms with Crippen LogP contribution in [0.2, 0.25) is 0 Å². The Labute approximate surface area is 120 Å². The van der Waals surface area contributed by atoms with Crippen LogP contribution in [0.1, 0.15) is 20.8 Å². The van der Waals surface area contributed by atoms with E-state index in [9.17, 15) is 14.4 Å². The van der Waals surface area contributed by atoms with Gasteiger partial charge in [-0.05, 0) is 32.9 Å². The summed E-state index contributed by atoms with van der Waals surface area (Å²) in [6, 6.07) is 6.48.